The molecule has 0 aliphatic carbocycles. The lowest BCUT2D eigenvalue weighted by molar-refractivity contribution is -0.123. The van der Waals surface area contributed by atoms with Crippen LogP contribution in [0.3, 0.4) is 0 Å². The van der Waals surface area contributed by atoms with Gasteiger partial charge in [0.05, 0.1) is 5.56 Å². The van der Waals surface area contributed by atoms with Gasteiger partial charge in [-0.05, 0) is 28.3 Å². The monoisotopic (exact) mass is 340 g/mol. The zero-order valence-corrected chi connectivity index (χ0v) is 15.8. The summed E-state index contributed by atoms with van der Waals surface area (Å²) in [6.07, 6.45) is 0.652. The highest BCUT2D eigenvalue weighted by Gasteiger charge is 2.30. The molecule has 0 radical (unpaired) electrons. The largest absolute Gasteiger partial charge is 0.316 e. The maximum Gasteiger partial charge on any atom is 0.231 e. The molecule has 0 aliphatic heterocycles. The Morgan fingerprint density at radius 3 is 2.33 bits per heavy atom. The van der Waals surface area contributed by atoms with Crippen LogP contribution in [0.4, 0.5) is 5.00 Å². The van der Waals surface area contributed by atoms with E-state index in [0.717, 1.165) is 11.1 Å². The quantitative estimate of drug-likeness (QED) is 0.839. The van der Waals surface area contributed by atoms with Gasteiger partial charge in [0.25, 0.3) is 0 Å². The van der Waals surface area contributed by atoms with Gasteiger partial charge in [0.15, 0.2) is 0 Å². The van der Waals surface area contributed by atoms with E-state index in [1.807, 2.05) is 49.6 Å². The summed E-state index contributed by atoms with van der Waals surface area (Å²) >= 11 is 1.42. The Balaban J connectivity index is 2.20. The Hall–Kier alpha value is -2.12. The lowest BCUT2D eigenvalue weighted by atomic mass is 9.84. The summed E-state index contributed by atoms with van der Waals surface area (Å²) in [5.74, 6) is -0.0647. The molecule has 0 saturated carbocycles. The summed E-state index contributed by atoms with van der Waals surface area (Å²) in [5, 5.41) is 15.1. The Morgan fingerprint density at radius 2 is 1.79 bits per heavy atom. The van der Waals surface area contributed by atoms with Gasteiger partial charge in [-0.1, -0.05) is 65.0 Å². The highest BCUT2D eigenvalue weighted by atomic mass is 32.1. The lowest BCUT2D eigenvalue weighted by Crippen LogP contribution is -2.32. The third-order valence-corrected chi connectivity index (χ3v) is 4.94. The van der Waals surface area contributed by atoms with E-state index in [4.69, 9.17) is 0 Å². The van der Waals surface area contributed by atoms with Gasteiger partial charge in [-0.2, -0.15) is 5.26 Å². The van der Waals surface area contributed by atoms with Crippen LogP contribution in [0.15, 0.2) is 35.7 Å². The number of hydrogen-bond acceptors (Lipinski definition) is 3. The Labute approximate surface area is 148 Å². The summed E-state index contributed by atoms with van der Waals surface area (Å²) in [7, 11) is 0. The average Bonchev–Trinajstić information content (AvgIpc) is 2.90. The van der Waals surface area contributed by atoms with Crippen LogP contribution in [0.1, 0.15) is 51.3 Å². The molecule has 1 heterocycles. The molecule has 4 heteroatoms. The van der Waals surface area contributed by atoms with Gasteiger partial charge in [-0.15, -0.1) is 11.3 Å². The molecule has 1 N–H and O–H groups in total. The normalized spacial score (nSPS) is 11.8. The van der Waals surface area contributed by atoms with Crippen molar-refractivity contribution in [3.63, 3.8) is 0 Å². The van der Waals surface area contributed by atoms with Crippen LogP contribution < -0.4 is 5.32 Å². The molecular weight excluding hydrogens is 316 g/mol. The van der Waals surface area contributed by atoms with Gasteiger partial charge >= 0.3 is 0 Å². The molecule has 0 spiro atoms. The molecule has 0 fully saturated rings. The van der Waals surface area contributed by atoms with Crippen molar-refractivity contribution in [2.24, 2.45) is 5.41 Å². The molecule has 0 aliphatic rings. The smallest absolute Gasteiger partial charge is 0.231 e. The zero-order valence-electron chi connectivity index (χ0n) is 14.9. The van der Waals surface area contributed by atoms with Crippen molar-refractivity contribution in [2.75, 3.05) is 5.32 Å². The molecule has 0 atom stereocenters. The fourth-order valence-corrected chi connectivity index (χ4v) is 3.70. The number of carbonyl (C=O) groups is 1. The van der Waals surface area contributed by atoms with Crippen LogP contribution in [-0.4, -0.2) is 5.91 Å². The Kier molecular flexibility index (Phi) is 5.15. The molecule has 24 heavy (non-hydrogen) atoms. The van der Waals surface area contributed by atoms with E-state index >= 15 is 0 Å². The fourth-order valence-electron chi connectivity index (χ4n) is 2.57. The number of nitrogens with zero attached hydrogens (tertiary/aromatic N) is 1. The van der Waals surface area contributed by atoms with Crippen LogP contribution in [0, 0.1) is 16.7 Å². The predicted octanol–water partition coefficient (Wildman–Crippen LogP) is 5.12. The van der Waals surface area contributed by atoms with Crippen molar-refractivity contribution < 1.29 is 4.79 Å². The third kappa shape index (κ3) is 4.04. The van der Waals surface area contributed by atoms with E-state index in [1.54, 1.807) is 0 Å². The van der Waals surface area contributed by atoms with E-state index in [1.165, 1.54) is 11.3 Å². The minimum absolute atomic E-state index is 0.0647. The number of nitriles is 1. The van der Waals surface area contributed by atoms with Crippen LogP contribution in [0.5, 0.6) is 0 Å². The van der Waals surface area contributed by atoms with Gasteiger partial charge < -0.3 is 5.32 Å². The first-order chi connectivity index (χ1) is 11.1. The zero-order chi connectivity index (χ0) is 18.0. The van der Waals surface area contributed by atoms with Crippen molar-refractivity contribution in [1.82, 2.24) is 0 Å². The van der Waals surface area contributed by atoms with Crippen molar-refractivity contribution in [2.45, 2.75) is 46.5 Å². The van der Waals surface area contributed by atoms with Crippen molar-refractivity contribution >= 4 is 22.2 Å². The van der Waals surface area contributed by atoms with E-state index in [0.29, 0.717) is 17.0 Å². The molecular formula is C20H24N2OS. The number of amides is 1. The number of benzene rings is 1. The first-order valence-electron chi connectivity index (χ1n) is 8.02. The van der Waals surface area contributed by atoms with E-state index in [2.05, 4.69) is 32.2 Å². The van der Waals surface area contributed by atoms with Crippen molar-refractivity contribution in [3.8, 4) is 6.07 Å². The lowest BCUT2D eigenvalue weighted by Gasteiger charge is -2.23. The topological polar surface area (TPSA) is 52.9 Å². The summed E-state index contributed by atoms with van der Waals surface area (Å²) in [6, 6.07) is 12.2. The van der Waals surface area contributed by atoms with Gasteiger partial charge in [0.1, 0.15) is 11.1 Å². The molecule has 0 bridgehead atoms. The highest BCUT2D eigenvalue weighted by Crippen LogP contribution is 2.36. The summed E-state index contributed by atoms with van der Waals surface area (Å²) < 4.78 is 0. The predicted molar refractivity (Wildman–Crippen MR) is 100 cm³/mol. The number of thiophene rings is 1. The number of nitrogens with one attached hydrogen (secondary N) is 1. The highest BCUT2D eigenvalue weighted by molar-refractivity contribution is 7.14. The number of hydrogen-bond donors (Lipinski definition) is 1. The fraction of sp³-hybridized carbons (Fsp3) is 0.400. The molecule has 2 rings (SSSR count). The second-order valence-corrected chi connectivity index (χ2v) is 8.60. The first kappa shape index (κ1) is 18.2. The summed E-state index contributed by atoms with van der Waals surface area (Å²) in [4.78, 5) is 12.8. The minimum atomic E-state index is -0.556. The third-order valence-electron chi connectivity index (χ3n) is 4.04. The SMILES string of the molecule is CC(C)(Cc1ccccc1)C(=O)Nc1scc(C(C)(C)C)c1C#N. The van der Waals surface area contributed by atoms with Crippen LogP contribution in [0.25, 0.3) is 0 Å². The summed E-state index contributed by atoms with van der Waals surface area (Å²) in [5.41, 5.74) is 2.01. The molecule has 1 aromatic carbocycles. The Bertz CT molecular complexity index is 761. The van der Waals surface area contributed by atoms with E-state index < -0.39 is 5.41 Å². The van der Waals surface area contributed by atoms with Gasteiger partial charge in [-0.3, -0.25) is 4.79 Å². The summed E-state index contributed by atoms with van der Waals surface area (Å²) in [6.45, 7) is 10.1. The minimum Gasteiger partial charge on any atom is -0.316 e. The number of carbonyl (C=O) groups excluding carboxylic acids is 1. The van der Waals surface area contributed by atoms with Crippen LogP contribution in [-0.2, 0) is 16.6 Å². The molecule has 3 nitrogen and oxygen atoms in total. The first-order valence-corrected chi connectivity index (χ1v) is 8.90. The van der Waals surface area contributed by atoms with Crippen LogP contribution >= 0.6 is 11.3 Å². The van der Waals surface area contributed by atoms with Gasteiger partial charge in [0.2, 0.25) is 5.91 Å². The maximum atomic E-state index is 12.8. The molecule has 0 unspecified atom stereocenters. The molecule has 2 aromatic rings. The Morgan fingerprint density at radius 1 is 1.17 bits per heavy atom. The number of anilines is 1. The van der Waals surface area contributed by atoms with Gasteiger partial charge in [0, 0.05) is 5.41 Å². The van der Waals surface area contributed by atoms with Gasteiger partial charge in [-0.25, -0.2) is 0 Å². The van der Waals surface area contributed by atoms with Crippen LogP contribution in [0.2, 0.25) is 0 Å². The van der Waals surface area contributed by atoms with Crippen molar-refractivity contribution in [1.29, 1.82) is 5.26 Å². The van der Waals surface area contributed by atoms with E-state index in [9.17, 15) is 10.1 Å². The van der Waals surface area contributed by atoms with Crippen molar-refractivity contribution in [3.05, 3.63) is 52.4 Å². The number of rotatable bonds is 4. The molecule has 1 amide bonds. The second-order valence-electron chi connectivity index (χ2n) is 7.72. The molecule has 126 valence electrons. The van der Waals surface area contributed by atoms with E-state index in [-0.39, 0.29) is 11.3 Å². The average molecular weight is 340 g/mol. The molecule has 0 saturated heterocycles. The standard InChI is InChI=1S/C20H24N2OS/c1-19(2,3)16-13-24-17(15(16)12-21)22-18(23)20(4,5)11-14-9-7-6-8-10-14/h6-10,13H,11H2,1-5H3,(H,22,23). The maximum absolute atomic E-state index is 12.8. The second kappa shape index (κ2) is 6.78. The molecule has 1 aromatic heterocycles.